The minimum absolute atomic E-state index is 0.191. The van der Waals surface area contributed by atoms with E-state index in [-0.39, 0.29) is 24.3 Å². The van der Waals surface area contributed by atoms with Crippen LogP contribution in [0, 0.1) is 0 Å². The van der Waals surface area contributed by atoms with Crippen molar-refractivity contribution in [2.45, 2.75) is 43.4 Å². The number of carbonyl (C=O) groups excluding carboxylic acids is 5. The van der Waals surface area contributed by atoms with E-state index in [1.165, 1.54) is 0 Å². The second-order valence-corrected chi connectivity index (χ2v) is 6.90. The SMILES string of the molecule is NC(=O)CCC(NC(=O)C(N)CC(N)=O)C(=O)NC(CS)C(=O)NC(CS)C(=O)O. The first-order valence-corrected chi connectivity index (χ1v) is 9.87. The van der Waals surface area contributed by atoms with Crippen LogP contribution in [0.5, 0.6) is 0 Å². The van der Waals surface area contributed by atoms with Crippen LogP contribution < -0.4 is 33.2 Å². The largest absolute Gasteiger partial charge is 0.480 e. The molecule has 5 amide bonds. The molecule has 15 heteroatoms. The molecule has 170 valence electrons. The number of nitrogens with two attached hydrogens (primary N) is 3. The van der Waals surface area contributed by atoms with Crippen molar-refractivity contribution in [1.29, 1.82) is 0 Å². The summed E-state index contributed by atoms with van der Waals surface area (Å²) in [6, 6.07) is -5.20. The molecule has 0 rings (SSSR count). The number of hydrogen-bond acceptors (Lipinski definition) is 9. The van der Waals surface area contributed by atoms with Crippen molar-refractivity contribution in [3.63, 3.8) is 0 Å². The Morgan fingerprint density at radius 2 is 1.23 bits per heavy atom. The molecule has 0 saturated carbocycles. The lowest BCUT2D eigenvalue weighted by atomic mass is 10.1. The average Bonchev–Trinajstić information content (AvgIpc) is 2.65. The summed E-state index contributed by atoms with van der Waals surface area (Å²) in [4.78, 5) is 69.8. The molecule has 0 bridgehead atoms. The van der Waals surface area contributed by atoms with Gasteiger partial charge in [-0.3, -0.25) is 24.0 Å². The molecule has 4 unspecified atom stereocenters. The van der Waals surface area contributed by atoms with Gasteiger partial charge >= 0.3 is 5.97 Å². The number of nitrogens with one attached hydrogen (secondary N) is 3. The molecule has 0 fully saturated rings. The fraction of sp³-hybridized carbons (Fsp3) is 0.600. The molecule has 0 spiro atoms. The predicted octanol–water partition coefficient (Wildman–Crippen LogP) is -4.15. The smallest absolute Gasteiger partial charge is 0.327 e. The average molecular weight is 467 g/mol. The Bertz CT molecular complexity index is 678. The Balaban J connectivity index is 5.24. The van der Waals surface area contributed by atoms with Gasteiger partial charge in [0.25, 0.3) is 0 Å². The van der Waals surface area contributed by atoms with E-state index in [0.717, 1.165) is 0 Å². The molecule has 0 aromatic carbocycles. The Labute approximate surface area is 183 Å². The van der Waals surface area contributed by atoms with Gasteiger partial charge in [0.2, 0.25) is 29.5 Å². The number of hydrogen-bond donors (Lipinski definition) is 9. The molecule has 0 aromatic rings. The van der Waals surface area contributed by atoms with Gasteiger partial charge in [-0.05, 0) is 6.42 Å². The highest BCUT2D eigenvalue weighted by molar-refractivity contribution is 7.80. The zero-order valence-electron chi connectivity index (χ0n) is 15.9. The highest BCUT2D eigenvalue weighted by atomic mass is 32.1. The van der Waals surface area contributed by atoms with Crippen molar-refractivity contribution in [3.8, 4) is 0 Å². The van der Waals surface area contributed by atoms with Crippen LogP contribution in [0.4, 0.5) is 0 Å². The van der Waals surface area contributed by atoms with Gasteiger partial charge < -0.3 is 38.3 Å². The van der Waals surface area contributed by atoms with Gasteiger partial charge in [-0.1, -0.05) is 0 Å². The van der Waals surface area contributed by atoms with E-state index in [2.05, 4.69) is 41.2 Å². The van der Waals surface area contributed by atoms with E-state index in [1.807, 2.05) is 0 Å². The Morgan fingerprint density at radius 1 is 0.767 bits per heavy atom. The lowest BCUT2D eigenvalue weighted by Gasteiger charge is -2.24. The van der Waals surface area contributed by atoms with Crippen LogP contribution in [0.3, 0.4) is 0 Å². The number of carboxylic acids is 1. The third kappa shape index (κ3) is 10.3. The molecule has 10 N–H and O–H groups in total. The van der Waals surface area contributed by atoms with Gasteiger partial charge in [0.15, 0.2) is 0 Å². The molecule has 0 heterocycles. The van der Waals surface area contributed by atoms with Crippen LogP contribution in [0.15, 0.2) is 0 Å². The summed E-state index contributed by atoms with van der Waals surface area (Å²) >= 11 is 7.77. The van der Waals surface area contributed by atoms with Gasteiger partial charge in [0.1, 0.15) is 18.1 Å². The topological polar surface area (TPSA) is 237 Å². The lowest BCUT2D eigenvalue weighted by Crippen LogP contribution is -2.58. The van der Waals surface area contributed by atoms with Gasteiger partial charge in [-0.25, -0.2) is 4.79 Å². The number of carboxylic acid groups (broad SMARTS) is 1. The third-order valence-corrected chi connectivity index (χ3v) is 4.41. The van der Waals surface area contributed by atoms with Gasteiger partial charge in [-0.2, -0.15) is 25.3 Å². The summed E-state index contributed by atoms with van der Waals surface area (Å²) < 4.78 is 0. The van der Waals surface area contributed by atoms with Crippen molar-refractivity contribution >= 4 is 60.8 Å². The number of rotatable bonds is 14. The molecule has 0 radical (unpaired) electrons. The molecule has 0 aliphatic rings. The van der Waals surface area contributed by atoms with E-state index < -0.39 is 66.1 Å². The minimum Gasteiger partial charge on any atom is -0.480 e. The highest BCUT2D eigenvalue weighted by Crippen LogP contribution is 2.02. The summed E-state index contributed by atoms with van der Waals surface area (Å²) in [5.74, 6) is -5.89. The first-order valence-electron chi connectivity index (χ1n) is 8.60. The quantitative estimate of drug-likeness (QED) is 0.114. The second kappa shape index (κ2) is 13.7. The first-order chi connectivity index (χ1) is 13.9. The van der Waals surface area contributed by atoms with E-state index in [0.29, 0.717) is 0 Å². The molecule has 4 atom stereocenters. The normalized spacial score (nSPS) is 14.5. The van der Waals surface area contributed by atoms with Gasteiger partial charge in [0.05, 0.1) is 12.5 Å². The van der Waals surface area contributed by atoms with Crippen molar-refractivity contribution in [1.82, 2.24) is 16.0 Å². The zero-order chi connectivity index (χ0) is 23.4. The lowest BCUT2D eigenvalue weighted by molar-refractivity contribution is -0.141. The van der Waals surface area contributed by atoms with Gasteiger partial charge in [0, 0.05) is 17.9 Å². The molecule has 0 aliphatic heterocycles. The first kappa shape index (κ1) is 27.5. The van der Waals surface area contributed by atoms with Gasteiger partial charge in [-0.15, -0.1) is 0 Å². The van der Waals surface area contributed by atoms with E-state index in [9.17, 15) is 28.8 Å². The maximum absolute atomic E-state index is 12.5. The number of aliphatic carboxylic acids is 1. The molecular formula is C15H26N6O7S2. The minimum atomic E-state index is -1.33. The van der Waals surface area contributed by atoms with Crippen molar-refractivity contribution < 1.29 is 33.9 Å². The fourth-order valence-corrected chi connectivity index (χ4v) is 2.57. The zero-order valence-corrected chi connectivity index (χ0v) is 17.7. The Hall–Kier alpha value is -2.52. The van der Waals surface area contributed by atoms with Crippen LogP contribution in [0.2, 0.25) is 0 Å². The fourth-order valence-electron chi connectivity index (χ4n) is 2.07. The molecule has 30 heavy (non-hydrogen) atoms. The summed E-state index contributed by atoms with van der Waals surface area (Å²) in [7, 11) is 0. The number of amides is 5. The standard InChI is InChI=1S/C15H26N6O7S2/c16-6(3-11(18)23)12(24)19-7(1-2-10(17)22)13(25)20-8(4-29)14(26)21-9(5-30)15(27)28/h6-9,29-30H,1-5,16H2,(H2,17,22)(H2,18,23)(H,19,24)(H,20,25)(H,21,26)(H,27,28). The van der Waals surface area contributed by atoms with Crippen LogP contribution >= 0.6 is 25.3 Å². The highest BCUT2D eigenvalue weighted by Gasteiger charge is 2.29. The number of thiol groups is 2. The van der Waals surface area contributed by atoms with Crippen LogP contribution in [-0.2, 0) is 28.8 Å². The summed E-state index contributed by atoms with van der Waals surface area (Å²) in [5, 5.41) is 15.7. The maximum Gasteiger partial charge on any atom is 0.327 e. The van der Waals surface area contributed by atoms with Crippen molar-refractivity contribution in [3.05, 3.63) is 0 Å². The van der Waals surface area contributed by atoms with Crippen LogP contribution in [0.1, 0.15) is 19.3 Å². The second-order valence-electron chi connectivity index (χ2n) is 6.17. The summed E-state index contributed by atoms with van der Waals surface area (Å²) in [6.45, 7) is 0. The van der Waals surface area contributed by atoms with Crippen LogP contribution in [0.25, 0.3) is 0 Å². The van der Waals surface area contributed by atoms with E-state index in [4.69, 9.17) is 22.3 Å². The van der Waals surface area contributed by atoms with Crippen molar-refractivity contribution in [2.75, 3.05) is 11.5 Å². The Morgan fingerprint density at radius 3 is 1.67 bits per heavy atom. The monoisotopic (exact) mass is 466 g/mol. The molecular weight excluding hydrogens is 440 g/mol. The third-order valence-electron chi connectivity index (χ3n) is 3.68. The summed E-state index contributed by atoms with van der Waals surface area (Å²) in [6.07, 6.45) is -0.967. The number of carbonyl (C=O) groups is 6. The molecule has 0 aliphatic carbocycles. The van der Waals surface area contributed by atoms with Crippen LogP contribution in [-0.4, -0.2) is 76.3 Å². The van der Waals surface area contributed by atoms with Crippen molar-refractivity contribution in [2.24, 2.45) is 17.2 Å². The molecule has 13 nitrogen and oxygen atoms in total. The van der Waals surface area contributed by atoms with E-state index in [1.54, 1.807) is 0 Å². The molecule has 0 saturated heterocycles. The van der Waals surface area contributed by atoms with E-state index >= 15 is 0 Å². The summed E-state index contributed by atoms with van der Waals surface area (Å²) in [5.41, 5.74) is 15.6. The number of primary amides is 2. The Kier molecular flexibility index (Phi) is 12.5. The molecule has 0 aromatic heterocycles. The maximum atomic E-state index is 12.5. The predicted molar refractivity (Wildman–Crippen MR) is 111 cm³/mol.